The molecule has 1 saturated heterocycles. The molecule has 0 radical (unpaired) electrons. The van der Waals surface area contributed by atoms with Crippen LogP contribution in [0.15, 0.2) is 65.6 Å². The number of amides is 1. The zero-order valence-corrected chi connectivity index (χ0v) is 18.5. The molecule has 174 valence electrons. The van der Waals surface area contributed by atoms with Gasteiger partial charge in [-0.2, -0.15) is 22.6 Å². The zero-order chi connectivity index (χ0) is 23.8. The molecule has 0 bridgehead atoms. The van der Waals surface area contributed by atoms with E-state index in [1.807, 2.05) is 37.3 Å². The highest BCUT2D eigenvalue weighted by Gasteiger charge is 2.35. The summed E-state index contributed by atoms with van der Waals surface area (Å²) in [4.78, 5) is 14.0. The summed E-state index contributed by atoms with van der Waals surface area (Å²) < 4.78 is 67.4. The maximum atomic E-state index is 13.0. The Hall–Kier alpha value is -3.18. The molecular formula is C22H21F3N4O3S. The van der Waals surface area contributed by atoms with Crippen LogP contribution < -0.4 is 0 Å². The van der Waals surface area contributed by atoms with E-state index in [9.17, 15) is 26.4 Å². The summed E-state index contributed by atoms with van der Waals surface area (Å²) in [5.41, 5.74) is 0.800. The lowest BCUT2D eigenvalue weighted by Crippen LogP contribution is -2.50. The van der Waals surface area contributed by atoms with Gasteiger partial charge in [0.05, 0.1) is 16.1 Å². The van der Waals surface area contributed by atoms with Gasteiger partial charge in [0, 0.05) is 31.9 Å². The lowest BCUT2D eigenvalue weighted by atomic mass is 10.2. The fraction of sp³-hybridized carbons (Fsp3) is 0.273. The van der Waals surface area contributed by atoms with Gasteiger partial charge in [0.2, 0.25) is 10.0 Å². The van der Waals surface area contributed by atoms with Crippen LogP contribution in [0, 0.1) is 6.92 Å². The molecule has 0 aliphatic carbocycles. The SMILES string of the molecule is Cc1cc(C(=O)N2CCN(S(=O)(=O)c3cccc(C(F)(F)F)c3)CC2)nn1-c1ccccc1. The fourth-order valence-electron chi connectivity index (χ4n) is 3.69. The molecule has 1 aliphatic heterocycles. The van der Waals surface area contributed by atoms with Gasteiger partial charge in [-0.3, -0.25) is 4.79 Å². The molecule has 1 aromatic heterocycles. The van der Waals surface area contributed by atoms with Crippen molar-refractivity contribution in [2.75, 3.05) is 26.2 Å². The molecule has 33 heavy (non-hydrogen) atoms. The largest absolute Gasteiger partial charge is 0.416 e. The Morgan fingerprint density at radius 2 is 1.61 bits per heavy atom. The van der Waals surface area contributed by atoms with Gasteiger partial charge in [-0.15, -0.1) is 0 Å². The smallest absolute Gasteiger partial charge is 0.335 e. The molecule has 2 heterocycles. The summed E-state index contributed by atoms with van der Waals surface area (Å²) in [5.74, 6) is -0.330. The molecule has 0 N–H and O–H groups in total. The van der Waals surface area contributed by atoms with Crippen LogP contribution in [-0.4, -0.2) is 59.5 Å². The van der Waals surface area contributed by atoms with Crippen molar-refractivity contribution in [3.05, 3.63) is 77.6 Å². The molecule has 7 nitrogen and oxygen atoms in total. The third-order valence-electron chi connectivity index (χ3n) is 5.43. The summed E-state index contributed by atoms with van der Waals surface area (Å²) in [6.45, 7) is 1.99. The molecule has 1 fully saturated rings. The molecular weight excluding hydrogens is 457 g/mol. The Morgan fingerprint density at radius 1 is 0.939 bits per heavy atom. The minimum Gasteiger partial charge on any atom is -0.335 e. The molecule has 4 rings (SSSR count). The Balaban J connectivity index is 1.46. The lowest BCUT2D eigenvalue weighted by Gasteiger charge is -2.33. The maximum Gasteiger partial charge on any atom is 0.416 e. The second-order valence-electron chi connectivity index (χ2n) is 7.64. The first-order valence-electron chi connectivity index (χ1n) is 10.2. The minimum absolute atomic E-state index is 0.0251. The average Bonchev–Trinajstić information content (AvgIpc) is 3.20. The van der Waals surface area contributed by atoms with E-state index in [1.165, 1.54) is 4.90 Å². The number of rotatable bonds is 4. The van der Waals surface area contributed by atoms with Crippen LogP contribution in [0.5, 0.6) is 0 Å². The second kappa shape index (κ2) is 8.64. The van der Waals surface area contributed by atoms with Crippen LogP contribution in [0.3, 0.4) is 0 Å². The third-order valence-corrected chi connectivity index (χ3v) is 7.33. The van der Waals surface area contributed by atoms with Crippen molar-refractivity contribution in [1.82, 2.24) is 19.0 Å². The first-order valence-corrected chi connectivity index (χ1v) is 11.6. The number of sulfonamides is 1. The topological polar surface area (TPSA) is 75.5 Å². The molecule has 11 heteroatoms. The number of aromatic nitrogens is 2. The maximum absolute atomic E-state index is 13.0. The van der Waals surface area contributed by atoms with Gasteiger partial charge in [0.1, 0.15) is 0 Å². The van der Waals surface area contributed by atoms with Gasteiger partial charge < -0.3 is 4.90 Å². The molecule has 1 aliphatic rings. The number of alkyl halides is 3. The number of aryl methyl sites for hydroxylation is 1. The van der Waals surface area contributed by atoms with E-state index in [0.29, 0.717) is 6.07 Å². The first kappa shape index (κ1) is 23.0. The predicted octanol–water partition coefficient (Wildman–Crippen LogP) is 3.35. The number of hydrogen-bond acceptors (Lipinski definition) is 4. The highest BCUT2D eigenvalue weighted by Crippen LogP contribution is 2.31. The zero-order valence-electron chi connectivity index (χ0n) is 17.7. The van der Waals surface area contributed by atoms with E-state index in [-0.39, 0.29) is 37.8 Å². The number of halogens is 3. The van der Waals surface area contributed by atoms with Crippen LogP contribution in [-0.2, 0) is 16.2 Å². The first-order chi connectivity index (χ1) is 15.6. The highest BCUT2D eigenvalue weighted by molar-refractivity contribution is 7.89. The van der Waals surface area contributed by atoms with Crippen molar-refractivity contribution in [3.8, 4) is 5.69 Å². The van der Waals surface area contributed by atoms with E-state index in [4.69, 9.17) is 0 Å². The van der Waals surface area contributed by atoms with Crippen LogP contribution in [0.4, 0.5) is 13.2 Å². The normalized spacial score (nSPS) is 15.6. The van der Waals surface area contributed by atoms with E-state index in [2.05, 4.69) is 5.10 Å². The summed E-state index contributed by atoms with van der Waals surface area (Å²) in [6.07, 6.45) is -4.64. The Kier molecular flexibility index (Phi) is 6.02. The van der Waals surface area contributed by atoms with Crippen LogP contribution in [0.2, 0.25) is 0 Å². The van der Waals surface area contributed by atoms with E-state index < -0.39 is 26.7 Å². The molecule has 0 atom stereocenters. The number of benzene rings is 2. The quantitative estimate of drug-likeness (QED) is 0.577. The van der Waals surface area contributed by atoms with Gasteiger partial charge in [-0.05, 0) is 43.3 Å². The van der Waals surface area contributed by atoms with Gasteiger partial charge in [0.15, 0.2) is 5.69 Å². The number of piperazine rings is 1. The average molecular weight is 478 g/mol. The van der Waals surface area contributed by atoms with Crippen LogP contribution in [0.25, 0.3) is 5.69 Å². The molecule has 2 aromatic carbocycles. The number of nitrogens with zero attached hydrogens (tertiary/aromatic N) is 4. The van der Waals surface area contributed by atoms with Crippen molar-refractivity contribution in [1.29, 1.82) is 0 Å². The minimum atomic E-state index is -4.64. The molecule has 1 amide bonds. The lowest BCUT2D eigenvalue weighted by molar-refractivity contribution is -0.137. The Bertz CT molecular complexity index is 1270. The van der Waals surface area contributed by atoms with E-state index >= 15 is 0 Å². The monoisotopic (exact) mass is 478 g/mol. The summed E-state index contributed by atoms with van der Waals surface area (Å²) >= 11 is 0. The predicted molar refractivity (Wildman–Crippen MR) is 114 cm³/mol. The summed E-state index contributed by atoms with van der Waals surface area (Å²) in [7, 11) is -4.12. The van der Waals surface area contributed by atoms with Crippen molar-refractivity contribution < 1.29 is 26.4 Å². The highest BCUT2D eigenvalue weighted by atomic mass is 32.2. The van der Waals surface area contributed by atoms with Crippen molar-refractivity contribution >= 4 is 15.9 Å². The Labute approximate surface area is 189 Å². The van der Waals surface area contributed by atoms with Crippen molar-refractivity contribution in [2.24, 2.45) is 0 Å². The molecule has 0 saturated carbocycles. The number of carbonyl (C=O) groups is 1. The van der Waals surface area contributed by atoms with Crippen LogP contribution >= 0.6 is 0 Å². The van der Waals surface area contributed by atoms with Gasteiger partial charge in [-0.1, -0.05) is 24.3 Å². The van der Waals surface area contributed by atoms with Gasteiger partial charge >= 0.3 is 6.18 Å². The molecule has 3 aromatic rings. The third kappa shape index (κ3) is 4.64. The molecule has 0 spiro atoms. The fourth-order valence-corrected chi connectivity index (χ4v) is 5.15. The number of carbonyl (C=O) groups excluding carboxylic acids is 1. The van der Waals surface area contributed by atoms with E-state index in [1.54, 1.807) is 10.7 Å². The number of para-hydroxylation sites is 1. The van der Waals surface area contributed by atoms with Gasteiger partial charge in [0.25, 0.3) is 5.91 Å². The Morgan fingerprint density at radius 3 is 2.24 bits per heavy atom. The van der Waals surface area contributed by atoms with Crippen molar-refractivity contribution in [2.45, 2.75) is 18.0 Å². The summed E-state index contributed by atoms with van der Waals surface area (Å²) in [6, 6.07) is 14.7. The standard InChI is InChI=1S/C22H21F3N4O3S/c1-16-14-20(26-29(16)18-7-3-2-4-8-18)21(30)27-10-12-28(13-11-27)33(31,32)19-9-5-6-17(15-19)22(23,24)25/h2-9,14-15H,10-13H2,1H3. The second-order valence-corrected chi connectivity index (χ2v) is 9.58. The molecule has 0 unspecified atom stereocenters. The van der Waals surface area contributed by atoms with Gasteiger partial charge in [-0.25, -0.2) is 13.1 Å². The van der Waals surface area contributed by atoms with Crippen LogP contribution in [0.1, 0.15) is 21.7 Å². The number of hydrogen-bond donors (Lipinski definition) is 0. The van der Waals surface area contributed by atoms with E-state index in [0.717, 1.165) is 33.9 Å². The summed E-state index contributed by atoms with van der Waals surface area (Å²) in [5, 5.41) is 4.39. The van der Waals surface area contributed by atoms with Crippen molar-refractivity contribution in [3.63, 3.8) is 0 Å².